The fourth-order valence-electron chi connectivity index (χ4n) is 2.35. The summed E-state index contributed by atoms with van der Waals surface area (Å²) in [5, 5.41) is 8.91. The van der Waals surface area contributed by atoms with Crippen LogP contribution in [0.1, 0.15) is 18.1 Å². The quantitative estimate of drug-likeness (QED) is 0.806. The lowest BCUT2D eigenvalue weighted by Gasteiger charge is -2.35. The second kappa shape index (κ2) is 5.94. The lowest BCUT2D eigenvalue weighted by molar-refractivity contribution is 0.114. The molecule has 0 saturated carbocycles. The number of hydrogen-bond acceptors (Lipinski definition) is 4. The van der Waals surface area contributed by atoms with Crippen molar-refractivity contribution in [2.24, 2.45) is 0 Å². The molecule has 0 spiro atoms. The lowest BCUT2D eigenvalue weighted by atomic mass is 10.2. The first-order valence-electron chi connectivity index (χ1n) is 6.45. The minimum atomic E-state index is 0.0350. The van der Waals surface area contributed by atoms with Gasteiger partial charge in [0.15, 0.2) is 0 Å². The summed E-state index contributed by atoms with van der Waals surface area (Å²) in [6.07, 6.45) is 3.83. The predicted molar refractivity (Wildman–Crippen MR) is 70.9 cm³/mol. The van der Waals surface area contributed by atoms with Crippen molar-refractivity contribution >= 4 is 0 Å². The third kappa shape index (κ3) is 3.28. The fraction of sp³-hybridized carbons (Fsp3) is 0.571. The molecule has 1 saturated heterocycles. The summed E-state index contributed by atoms with van der Waals surface area (Å²) in [4.78, 5) is 8.89. The van der Waals surface area contributed by atoms with Crippen LogP contribution in [-0.2, 0) is 6.54 Å². The Balaban J connectivity index is 1.86. The molecular weight excluding hydrogens is 224 g/mol. The Morgan fingerprint density at radius 3 is 2.67 bits per heavy atom. The molecule has 0 N–H and O–H groups in total. The molecular formula is C14H20N4. The van der Waals surface area contributed by atoms with Gasteiger partial charge >= 0.3 is 0 Å². The maximum atomic E-state index is 8.91. The van der Waals surface area contributed by atoms with Crippen LogP contribution in [0.3, 0.4) is 0 Å². The summed E-state index contributed by atoms with van der Waals surface area (Å²) >= 11 is 0. The summed E-state index contributed by atoms with van der Waals surface area (Å²) in [6.45, 7) is 9.02. The van der Waals surface area contributed by atoms with Gasteiger partial charge in [-0.25, -0.2) is 0 Å². The zero-order valence-corrected chi connectivity index (χ0v) is 11.1. The first-order chi connectivity index (χ1) is 8.69. The summed E-state index contributed by atoms with van der Waals surface area (Å²) in [5.41, 5.74) is 2.49. The van der Waals surface area contributed by atoms with E-state index in [0.717, 1.165) is 32.7 Å². The zero-order chi connectivity index (χ0) is 13.0. The van der Waals surface area contributed by atoms with Crippen LogP contribution in [0.4, 0.5) is 0 Å². The van der Waals surface area contributed by atoms with E-state index in [4.69, 9.17) is 5.26 Å². The molecule has 0 amide bonds. The third-order valence-electron chi connectivity index (χ3n) is 3.48. The molecule has 0 bridgehead atoms. The highest BCUT2D eigenvalue weighted by atomic mass is 15.3. The molecule has 1 aliphatic rings. The molecule has 2 rings (SSSR count). The van der Waals surface area contributed by atoms with E-state index in [1.165, 1.54) is 11.1 Å². The zero-order valence-electron chi connectivity index (χ0n) is 11.1. The molecule has 18 heavy (non-hydrogen) atoms. The number of nitriles is 1. The number of nitrogens with zero attached hydrogens (tertiary/aromatic N) is 4. The molecule has 1 atom stereocenters. The Hall–Kier alpha value is -1.44. The summed E-state index contributed by atoms with van der Waals surface area (Å²) in [6, 6.07) is 4.53. The Morgan fingerprint density at radius 2 is 2.06 bits per heavy atom. The lowest BCUT2D eigenvalue weighted by Crippen LogP contribution is -2.48. The summed E-state index contributed by atoms with van der Waals surface area (Å²) in [7, 11) is 0. The van der Waals surface area contributed by atoms with E-state index < -0.39 is 0 Å². The van der Waals surface area contributed by atoms with Crippen LogP contribution >= 0.6 is 0 Å². The molecule has 0 aromatic carbocycles. The molecule has 0 radical (unpaired) electrons. The molecule has 1 aromatic rings. The highest BCUT2D eigenvalue weighted by Gasteiger charge is 2.20. The number of aryl methyl sites for hydroxylation is 1. The molecule has 1 fully saturated rings. The van der Waals surface area contributed by atoms with Gasteiger partial charge < -0.3 is 0 Å². The van der Waals surface area contributed by atoms with Crippen molar-refractivity contribution in [1.82, 2.24) is 14.8 Å². The van der Waals surface area contributed by atoms with Crippen molar-refractivity contribution in [3.8, 4) is 6.07 Å². The average molecular weight is 244 g/mol. The topological polar surface area (TPSA) is 43.2 Å². The van der Waals surface area contributed by atoms with Crippen LogP contribution < -0.4 is 0 Å². The number of piperazine rings is 1. The highest BCUT2D eigenvalue weighted by Crippen LogP contribution is 2.10. The molecule has 1 aliphatic heterocycles. The van der Waals surface area contributed by atoms with Gasteiger partial charge in [-0.3, -0.25) is 14.8 Å². The highest BCUT2D eigenvalue weighted by molar-refractivity contribution is 5.16. The monoisotopic (exact) mass is 244 g/mol. The van der Waals surface area contributed by atoms with Crippen LogP contribution in [0, 0.1) is 18.3 Å². The van der Waals surface area contributed by atoms with Gasteiger partial charge in [0.05, 0.1) is 12.1 Å². The Kier molecular flexibility index (Phi) is 4.29. The average Bonchev–Trinajstić information content (AvgIpc) is 2.39. The van der Waals surface area contributed by atoms with Gasteiger partial charge in [-0.2, -0.15) is 5.26 Å². The van der Waals surface area contributed by atoms with E-state index in [9.17, 15) is 0 Å². The Morgan fingerprint density at radius 1 is 1.33 bits per heavy atom. The smallest absolute Gasteiger partial charge is 0.0950 e. The minimum absolute atomic E-state index is 0.0350. The van der Waals surface area contributed by atoms with E-state index in [0.29, 0.717) is 0 Å². The Labute approximate surface area is 109 Å². The van der Waals surface area contributed by atoms with Crippen LogP contribution in [0.5, 0.6) is 0 Å². The van der Waals surface area contributed by atoms with Gasteiger partial charge in [-0.05, 0) is 25.0 Å². The van der Waals surface area contributed by atoms with Crippen LogP contribution in [0.25, 0.3) is 0 Å². The molecule has 1 aromatic heterocycles. The fourth-order valence-corrected chi connectivity index (χ4v) is 2.35. The maximum absolute atomic E-state index is 8.91. The van der Waals surface area contributed by atoms with Gasteiger partial charge in [-0.1, -0.05) is 6.07 Å². The van der Waals surface area contributed by atoms with E-state index in [1.54, 1.807) is 0 Å². The van der Waals surface area contributed by atoms with Gasteiger partial charge in [0.25, 0.3) is 0 Å². The third-order valence-corrected chi connectivity index (χ3v) is 3.48. The predicted octanol–water partition coefficient (Wildman–Crippen LogP) is 1.42. The second-order valence-corrected chi connectivity index (χ2v) is 4.99. The van der Waals surface area contributed by atoms with E-state index >= 15 is 0 Å². The summed E-state index contributed by atoms with van der Waals surface area (Å²) in [5.74, 6) is 0. The van der Waals surface area contributed by atoms with Crippen molar-refractivity contribution in [3.63, 3.8) is 0 Å². The summed E-state index contributed by atoms with van der Waals surface area (Å²) < 4.78 is 0. The van der Waals surface area contributed by atoms with E-state index in [-0.39, 0.29) is 6.04 Å². The van der Waals surface area contributed by atoms with E-state index in [1.807, 2.05) is 19.3 Å². The van der Waals surface area contributed by atoms with Gasteiger partial charge in [-0.15, -0.1) is 0 Å². The van der Waals surface area contributed by atoms with Gasteiger partial charge in [0.2, 0.25) is 0 Å². The van der Waals surface area contributed by atoms with Crippen molar-refractivity contribution in [1.29, 1.82) is 5.26 Å². The van der Waals surface area contributed by atoms with Crippen molar-refractivity contribution < 1.29 is 0 Å². The van der Waals surface area contributed by atoms with Crippen LogP contribution in [-0.4, -0.2) is 47.0 Å². The Bertz CT molecular complexity index is 430. The molecule has 4 heteroatoms. The SMILES string of the molecule is Cc1cncc(CN2CCN(C(C)C#N)CC2)c1. The largest absolute Gasteiger partial charge is 0.296 e. The van der Waals surface area contributed by atoms with Gasteiger partial charge in [0, 0.05) is 45.1 Å². The standard InChI is InChI=1S/C14H20N4/c1-12-7-14(10-16-9-12)11-17-3-5-18(6-4-17)13(2)8-15/h7,9-10,13H,3-6,11H2,1-2H3. The number of hydrogen-bond donors (Lipinski definition) is 0. The molecule has 0 aliphatic carbocycles. The minimum Gasteiger partial charge on any atom is -0.296 e. The first kappa shape index (κ1) is 13.0. The number of pyridine rings is 1. The van der Waals surface area contributed by atoms with Gasteiger partial charge in [0.1, 0.15) is 0 Å². The first-order valence-corrected chi connectivity index (χ1v) is 6.45. The maximum Gasteiger partial charge on any atom is 0.0950 e. The molecule has 4 nitrogen and oxygen atoms in total. The van der Waals surface area contributed by atoms with Crippen molar-refractivity contribution in [2.45, 2.75) is 26.4 Å². The van der Waals surface area contributed by atoms with Crippen LogP contribution in [0.2, 0.25) is 0 Å². The van der Waals surface area contributed by atoms with Crippen LogP contribution in [0.15, 0.2) is 18.5 Å². The number of rotatable bonds is 3. The van der Waals surface area contributed by atoms with Crippen molar-refractivity contribution in [2.75, 3.05) is 26.2 Å². The van der Waals surface area contributed by atoms with E-state index in [2.05, 4.69) is 33.8 Å². The molecule has 1 unspecified atom stereocenters. The second-order valence-electron chi connectivity index (χ2n) is 4.99. The molecule has 2 heterocycles. The number of aromatic nitrogens is 1. The van der Waals surface area contributed by atoms with Crippen molar-refractivity contribution in [3.05, 3.63) is 29.6 Å². The molecule has 96 valence electrons. The normalized spacial score (nSPS) is 19.4.